The topological polar surface area (TPSA) is 49.9 Å². The van der Waals surface area contributed by atoms with Crippen molar-refractivity contribution in [3.05, 3.63) is 92.9 Å². The van der Waals surface area contributed by atoms with Crippen molar-refractivity contribution in [1.29, 1.82) is 0 Å². The number of rotatable bonds is 9. The summed E-state index contributed by atoms with van der Waals surface area (Å²) in [4.78, 5) is 7.97. The first kappa shape index (κ1) is 21.8. The van der Waals surface area contributed by atoms with E-state index in [0.29, 0.717) is 22.9 Å². The molecule has 0 saturated carbocycles. The van der Waals surface area contributed by atoms with Gasteiger partial charge >= 0.3 is 0 Å². The minimum atomic E-state index is -0.366. The predicted molar refractivity (Wildman–Crippen MR) is 126 cm³/mol. The normalized spacial score (nSPS) is 11.2. The lowest BCUT2D eigenvalue weighted by Crippen LogP contribution is -2.16. The first-order valence-electron chi connectivity index (χ1n) is 10.1. The number of ether oxygens (including phenoxy) is 1. The number of nitrogens with zero attached hydrogens (tertiary/aromatic N) is 1. The number of hydrogen-bond acceptors (Lipinski definition) is 3. The molecule has 0 saturated heterocycles. The van der Waals surface area contributed by atoms with E-state index >= 15 is 0 Å². The Bertz CT molecular complexity index is 1130. The van der Waals surface area contributed by atoms with Crippen molar-refractivity contribution in [2.24, 2.45) is 0 Å². The van der Waals surface area contributed by atoms with Gasteiger partial charge in [0.05, 0.1) is 16.1 Å². The third-order valence-electron chi connectivity index (χ3n) is 4.98. The molecule has 0 radical (unpaired) electrons. The maximum atomic E-state index is 14.0. The number of nitrogens with one attached hydrogen (secondary N) is 2. The van der Waals surface area contributed by atoms with Crippen molar-refractivity contribution in [2.75, 3.05) is 6.54 Å². The predicted octanol–water partition coefficient (Wildman–Crippen LogP) is 6.42. The summed E-state index contributed by atoms with van der Waals surface area (Å²) < 4.78 is 20.9. The van der Waals surface area contributed by atoms with Gasteiger partial charge in [-0.15, -0.1) is 0 Å². The van der Waals surface area contributed by atoms with Gasteiger partial charge in [-0.1, -0.05) is 45.7 Å². The molecule has 0 spiro atoms. The summed E-state index contributed by atoms with van der Waals surface area (Å²) in [5, 5.41) is 3.81. The fourth-order valence-corrected chi connectivity index (χ4v) is 4.00. The van der Waals surface area contributed by atoms with Crippen LogP contribution < -0.4 is 10.1 Å². The van der Waals surface area contributed by atoms with E-state index in [9.17, 15) is 4.39 Å². The molecule has 160 valence electrons. The Hall–Kier alpha value is -2.41. The monoisotopic (exact) mass is 501 g/mol. The minimum absolute atomic E-state index is 0.0756. The molecular formula is C24H22BrClFN3O. The minimum Gasteiger partial charge on any atom is -0.488 e. The van der Waals surface area contributed by atoms with Crippen LogP contribution >= 0.6 is 27.5 Å². The van der Waals surface area contributed by atoms with E-state index in [4.69, 9.17) is 16.3 Å². The molecule has 0 atom stereocenters. The standard InChI is InChI=1S/C24H22BrClFN3O/c25-17-10-11-23(31-15-18-19(26)5-3-6-20(18)27)16(13-17)14-28-12-4-9-24-29-21-7-1-2-8-22(21)30-24/h1-3,5-8,10-11,13,28H,4,9,12,14-15H2,(H,29,30). The highest BCUT2D eigenvalue weighted by Gasteiger charge is 2.10. The summed E-state index contributed by atoms with van der Waals surface area (Å²) in [5.74, 6) is 1.33. The van der Waals surface area contributed by atoms with Gasteiger partial charge in [-0.2, -0.15) is 0 Å². The second-order valence-corrected chi connectivity index (χ2v) is 8.54. The largest absolute Gasteiger partial charge is 0.488 e. The molecule has 0 aliphatic rings. The van der Waals surface area contributed by atoms with Crippen LogP contribution in [0.25, 0.3) is 11.0 Å². The molecule has 4 aromatic rings. The number of halogens is 3. The van der Waals surface area contributed by atoms with Crippen molar-refractivity contribution in [3.8, 4) is 5.75 Å². The second-order valence-electron chi connectivity index (χ2n) is 7.22. The van der Waals surface area contributed by atoms with Gasteiger partial charge in [-0.3, -0.25) is 0 Å². The van der Waals surface area contributed by atoms with Crippen LogP contribution in [0.3, 0.4) is 0 Å². The van der Waals surface area contributed by atoms with Crippen LogP contribution in [0.5, 0.6) is 5.75 Å². The van der Waals surface area contributed by atoms with Crippen LogP contribution in [0.4, 0.5) is 4.39 Å². The first-order valence-corrected chi connectivity index (χ1v) is 11.3. The molecule has 4 nitrogen and oxygen atoms in total. The Morgan fingerprint density at radius 1 is 1.10 bits per heavy atom. The molecule has 2 N–H and O–H groups in total. The van der Waals surface area contributed by atoms with Crippen LogP contribution in [-0.4, -0.2) is 16.5 Å². The van der Waals surface area contributed by atoms with E-state index in [1.54, 1.807) is 12.1 Å². The molecule has 0 fully saturated rings. The van der Waals surface area contributed by atoms with Crippen molar-refractivity contribution < 1.29 is 9.13 Å². The van der Waals surface area contributed by atoms with Gasteiger partial charge in [-0.25, -0.2) is 9.37 Å². The van der Waals surface area contributed by atoms with E-state index in [1.165, 1.54) is 6.07 Å². The molecule has 0 aliphatic heterocycles. The lowest BCUT2D eigenvalue weighted by molar-refractivity contribution is 0.296. The Labute approximate surface area is 193 Å². The molecule has 0 unspecified atom stereocenters. The van der Waals surface area contributed by atoms with E-state index in [-0.39, 0.29) is 12.4 Å². The Morgan fingerprint density at radius 2 is 1.97 bits per heavy atom. The molecule has 0 aliphatic carbocycles. The van der Waals surface area contributed by atoms with Crippen LogP contribution in [0.1, 0.15) is 23.4 Å². The van der Waals surface area contributed by atoms with Crippen molar-refractivity contribution in [3.63, 3.8) is 0 Å². The van der Waals surface area contributed by atoms with Gasteiger partial charge in [0, 0.05) is 28.6 Å². The lowest BCUT2D eigenvalue weighted by Gasteiger charge is -2.14. The number of benzene rings is 3. The highest BCUT2D eigenvalue weighted by molar-refractivity contribution is 9.10. The van der Waals surface area contributed by atoms with Gasteiger partial charge in [-0.05, 0) is 55.4 Å². The average Bonchev–Trinajstić information content (AvgIpc) is 3.17. The highest BCUT2D eigenvalue weighted by Crippen LogP contribution is 2.26. The van der Waals surface area contributed by atoms with Gasteiger partial charge in [0.15, 0.2) is 0 Å². The summed E-state index contributed by atoms with van der Waals surface area (Å²) >= 11 is 9.62. The van der Waals surface area contributed by atoms with E-state index in [1.807, 2.05) is 42.5 Å². The molecule has 3 aromatic carbocycles. The summed E-state index contributed by atoms with van der Waals surface area (Å²) in [5.41, 5.74) is 3.41. The number of imidazole rings is 1. The zero-order chi connectivity index (χ0) is 21.6. The van der Waals surface area contributed by atoms with Crippen molar-refractivity contribution >= 4 is 38.6 Å². The smallest absolute Gasteiger partial charge is 0.131 e. The molecule has 4 rings (SSSR count). The lowest BCUT2D eigenvalue weighted by atomic mass is 10.2. The van der Waals surface area contributed by atoms with Crippen LogP contribution in [0.2, 0.25) is 5.02 Å². The summed E-state index contributed by atoms with van der Waals surface area (Å²) in [6, 6.07) is 18.5. The van der Waals surface area contributed by atoms with E-state index in [0.717, 1.165) is 46.3 Å². The fraction of sp³-hybridized carbons (Fsp3) is 0.208. The molecule has 1 heterocycles. The van der Waals surface area contributed by atoms with Gasteiger partial charge in [0.25, 0.3) is 0 Å². The van der Waals surface area contributed by atoms with E-state index in [2.05, 4.69) is 31.2 Å². The molecule has 0 amide bonds. The number of aromatic nitrogens is 2. The molecule has 0 bridgehead atoms. The van der Waals surface area contributed by atoms with Crippen LogP contribution in [-0.2, 0) is 19.6 Å². The van der Waals surface area contributed by atoms with Crippen LogP contribution in [0.15, 0.2) is 65.1 Å². The zero-order valence-electron chi connectivity index (χ0n) is 16.8. The number of aromatic amines is 1. The first-order chi connectivity index (χ1) is 15.1. The second kappa shape index (κ2) is 10.3. The quantitative estimate of drug-likeness (QED) is 0.260. The third-order valence-corrected chi connectivity index (χ3v) is 5.82. The van der Waals surface area contributed by atoms with E-state index < -0.39 is 0 Å². The number of aryl methyl sites for hydroxylation is 1. The summed E-state index contributed by atoms with van der Waals surface area (Å²) in [6.45, 7) is 1.55. The van der Waals surface area contributed by atoms with Gasteiger partial charge in [0.1, 0.15) is 24.0 Å². The maximum Gasteiger partial charge on any atom is 0.131 e. The third kappa shape index (κ3) is 5.64. The number of para-hydroxylation sites is 2. The summed E-state index contributed by atoms with van der Waals surface area (Å²) in [6.07, 6.45) is 1.82. The van der Waals surface area contributed by atoms with Gasteiger partial charge < -0.3 is 15.0 Å². The molecule has 31 heavy (non-hydrogen) atoms. The molecule has 7 heteroatoms. The fourth-order valence-electron chi connectivity index (χ4n) is 3.38. The summed E-state index contributed by atoms with van der Waals surface area (Å²) in [7, 11) is 0. The average molecular weight is 503 g/mol. The molecular weight excluding hydrogens is 481 g/mol. The van der Waals surface area contributed by atoms with Gasteiger partial charge in [0.2, 0.25) is 0 Å². The Kier molecular flexibility index (Phi) is 7.22. The highest BCUT2D eigenvalue weighted by atomic mass is 79.9. The zero-order valence-corrected chi connectivity index (χ0v) is 19.1. The van der Waals surface area contributed by atoms with Crippen molar-refractivity contribution in [1.82, 2.24) is 15.3 Å². The Morgan fingerprint density at radius 3 is 2.81 bits per heavy atom. The number of fused-ring (bicyclic) bond motifs is 1. The Balaban J connectivity index is 1.31. The van der Waals surface area contributed by atoms with Crippen molar-refractivity contribution in [2.45, 2.75) is 26.0 Å². The SMILES string of the molecule is Fc1cccc(Cl)c1COc1ccc(Br)cc1CNCCCc1nc2ccccc2[nH]1. The maximum absolute atomic E-state index is 14.0. The number of H-pyrrole nitrogens is 1. The number of hydrogen-bond donors (Lipinski definition) is 2. The molecule has 1 aromatic heterocycles. The van der Waals surface area contributed by atoms with Crippen LogP contribution in [0, 0.1) is 5.82 Å².